The van der Waals surface area contributed by atoms with E-state index in [9.17, 15) is 9.59 Å². The molecule has 86 valence electrons. The summed E-state index contributed by atoms with van der Waals surface area (Å²) in [7, 11) is 0. The van der Waals surface area contributed by atoms with E-state index < -0.39 is 11.8 Å². The van der Waals surface area contributed by atoms with E-state index in [-0.39, 0.29) is 17.7 Å². The molecular formula is C9H12N4O3. The quantitative estimate of drug-likeness (QED) is 0.239. The van der Waals surface area contributed by atoms with Crippen molar-refractivity contribution in [1.29, 1.82) is 0 Å². The summed E-state index contributed by atoms with van der Waals surface area (Å²) in [6.07, 6.45) is 0. The van der Waals surface area contributed by atoms with Crippen LogP contribution in [0.1, 0.15) is 26.3 Å². The monoisotopic (exact) mass is 224 g/mol. The number of carbonyl (C=O) groups is 2. The lowest BCUT2D eigenvalue weighted by Gasteiger charge is -2.06. The molecule has 2 amide bonds. The number of nitrogens with one attached hydrogen (secondary N) is 2. The molecule has 0 spiro atoms. The normalized spacial score (nSPS) is 9.69. The Hall–Kier alpha value is -1.96. The highest BCUT2D eigenvalue weighted by Crippen LogP contribution is 2.10. The van der Waals surface area contributed by atoms with Crippen LogP contribution in [0.3, 0.4) is 0 Å². The molecule has 7 nitrogen and oxygen atoms in total. The summed E-state index contributed by atoms with van der Waals surface area (Å²) in [6.45, 7) is -0.295. The third kappa shape index (κ3) is 2.54. The lowest BCUT2D eigenvalue weighted by Crippen LogP contribution is -2.32. The minimum absolute atomic E-state index is 0.174. The van der Waals surface area contributed by atoms with E-state index in [4.69, 9.17) is 16.8 Å². The first-order valence-electron chi connectivity index (χ1n) is 4.39. The van der Waals surface area contributed by atoms with Gasteiger partial charge in [0.1, 0.15) is 0 Å². The summed E-state index contributed by atoms with van der Waals surface area (Å²) in [5, 5.41) is 8.97. The van der Waals surface area contributed by atoms with Crippen LogP contribution < -0.4 is 22.5 Å². The molecule has 0 aromatic heterocycles. The van der Waals surface area contributed by atoms with E-state index in [0.717, 1.165) is 0 Å². The van der Waals surface area contributed by atoms with Crippen molar-refractivity contribution in [1.82, 2.24) is 10.9 Å². The van der Waals surface area contributed by atoms with Gasteiger partial charge in [0, 0.05) is 11.1 Å². The van der Waals surface area contributed by atoms with Gasteiger partial charge < -0.3 is 5.11 Å². The molecule has 7 N–H and O–H groups in total. The van der Waals surface area contributed by atoms with Crippen LogP contribution in [0.25, 0.3) is 0 Å². The van der Waals surface area contributed by atoms with Gasteiger partial charge in [-0.2, -0.15) is 0 Å². The van der Waals surface area contributed by atoms with Gasteiger partial charge in [-0.25, -0.2) is 11.7 Å². The Morgan fingerprint density at radius 1 is 1.06 bits per heavy atom. The Kier molecular flexibility index (Phi) is 3.95. The fourth-order valence-corrected chi connectivity index (χ4v) is 1.21. The van der Waals surface area contributed by atoms with E-state index in [2.05, 4.69) is 0 Å². The van der Waals surface area contributed by atoms with E-state index in [1.807, 2.05) is 10.9 Å². The molecule has 16 heavy (non-hydrogen) atoms. The van der Waals surface area contributed by atoms with Crippen LogP contribution in [-0.4, -0.2) is 16.9 Å². The van der Waals surface area contributed by atoms with Gasteiger partial charge >= 0.3 is 0 Å². The highest BCUT2D eigenvalue weighted by molar-refractivity contribution is 5.99. The lowest BCUT2D eigenvalue weighted by atomic mass is 10.1. The van der Waals surface area contributed by atoms with Crippen molar-refractivity contribution in [2.75, 3.05) is 0 Å². The Bertz CT molecular complexity index is 385. The number of hydrogen-bond acceptors (Lipinski definition) is 5. The molecule has 0 radical (unpaired) electrons. The third-order valence-electron chi connectivity index (χ3n) is 1.96. The highest BCUT2D eigenvalue weighted by atomic mass is 16.3. The van der Waals surface area contributed by atoms with Crippen molar-refractivity contribution in [3.05, 3.63) is 34.9 Å². The van der Waals surface area contributed by atoms with Crippen LogP contribution in [0, 0.1) is 0 Å². The molecular weight excluding hydrogens is 212 g/mol. The van der Waals surface area contributed by atoms with Gasteiger partial charge in [0.05, 0.1) is 6.61 Å². The zero-order valence-corrected chi connectivity index (χ0v) is 8.36. The number of nitrogens with two attached hydrogens (primary N) is 2. The predicted octanol–water partition coefficient (Wildman–Crippen LogP) is -1.61. The number of benzene rings is 1. The second kappa shape index (κ2) is 5.21. The topological polar surface area (TPSA) is 130 Å². The lowest BCUT2D eigenvalue weighted by molar-refractivity contribution is 0.0953. The average molecular weight is 224 g/mol. The Balaban J connectivity index is 3.20. The number of hydrogen-bond donors (Lipinski definition) is 5. The van der Waals surface area contributed by atoms with Crippen molar-refractivity contribution in [3.8, 4) is 0 Å². The molecule has 0 saturated carbocycles. The minimum Gasteiger partial charge on any atom is -0.392 e. The van der Waals surface area contributed by atoms with Gasteiger partial charge in [-0.15, -0.1) is 0 Å². The number of aliphatic hydroxyl groups is 1. The fraction of sp³-hybridized carbons (Fsp3) is 0.111. The van der Waals surface area contributed by atoms with Crippen LogP contribution in [0.2, 0.25) is 0 Å². The summed E-state index contributed by atoms with van der Waals surface area (Å²) in [6, 6.07) is 4.18. The van der Waals surface area contributed by atoms with Crippen molar-refractivity contribution < 1.29 is 14.7 Å². The number of carbonyl (C=O) groups excluding carboxylic acids is 2. The van der Waals surface area contributed by atoms with Crippen LogP contribution in [0.15, 0.2) is 18.2 Å². The zero-order chi connectivity index (χ0) is 12.1. The summed E-state index contributed by atoms with van der Waals surface area (Å²) in [5.74, 6) is 8.83. The first-order valence-corrected chi connectivity index (χ1v) is 4.39. The molecule has 1 rings (SSSR count). The number of amides is 2. The molecule has 1 aromatic carbocycles. The molecule has 0 aliphatic heterocycles. The van der Waals surface area contributed by atoms with E-state index in [1.54, 1.807) is 0 Å². The number of hydrazine groups is 2. The third-order valence-corrected chi connectivity index (χ3v) is 1.96. The Morgan fingerprint density at radius 3 is 1.81 bits per heavy atom. The largest absolute Gasteiger partial charge is 0.392 e. The average Bonchev–Trinajstić information content (AvgIpc) is 2.35. The highest BCUT2D eigenvalue weighted by Gasteiger charge is 2.11. The molecule has 0 unspecified atom stereocenters. The fourth-order valence-electron chi connectivity index (χ4n) is 1.21. The maximum absolute atomic E-state index is 11.3. The number of rotatable bonds is 3. The molecule has 0 aliphatic carbocycles. The Morgan fingerprint density at radius 2 is 1.50 bits per heavy atom. The van der Waals surface area contributed by atoms with Crippen molar-refractivity contribution in [3.63, 3.8) is 0 Å². The van der Waals surface area contributed by atoms with Crippen molar-refractivity contribution in [2.45, 2.75) is 6.61 Å². The van der Waals surface area contributed by atoms with Gasteiger partial charge in [0.2, 0.25) is 0 Å². The van der Waals surface area contributed by atoms with Crippen molar-refractivity contribution >= 4 is 11.8 Å². The molecule has 0 atom stereocenters. The van der Waals surface area contributed by atoms with Gasteiger partial charge in [-0.3, -0.25) is 20.4 Å². The predicted molar refractivity (Wildman–Crippen MR) is 55.7 cm³/mol. The SMILES string of the molecule is NNC(=O)c1cc(CO)cc(C(=O)NN)c1. The smallest absolute Gasteiger partial charge is 0.265 e. The van der Waals surface area contributed by atoms with E-state index in [1.165, 1.54) is 18.2 Å². The van der Waals surface area contributed by atoms with E-state index in [0.29, 0.717) is 5.56 Å². The summed E-state index contributed by atoms with van der Waals surface area (Å²) >= 11 is 0. The molecule has 7 heteroatoms. The van der Waals surface area contributed by atoms with Crippen LogP contribution in [0.5, 0.6) is 0 Å². The van der Waals surface area contributed by atoms with E-state index >= 15 is 0 Å². The molecule has 0 heterocycles. The van der Waals surface area contributed by atoms with Gasteiger partial charge in [-0.05, 0) is 23.8 Å². The van der Waals surface area contributed by atoms with Gasteiger partial charge in [0.25, 0.3) is 11.8 Å². The number of aliphatic hydroxyl groups excluding tert-OH is 1. The summed E-state index contributed by atoms with van der Waals surface area (Å²) in [5.41, 5.74) is 4.63. The first-order chi connectivity index (χ1) is 7.62. The van der Waals surface area contributed by atoms with Crippen LogP contribution in [0.4, 0.5) is 0 Å². The summed E-state index contributed by atoms with van der Waals surface area (Å²) in [4.78, 5) is 22.5. The molecule has 1 aromatic rings. The molecule has 0 bridgehead atoms. The Labute approximate surface area is 91.4 Å². The molecule has 0 aliphatic rings. The van der Waals surface area contributed by atoms with Gasteiger partial charge in [0.15, 0.2) is 0 Å². The molecule has 0 fully saturated rings. The first kappa shape index (κ1) is 12.1. The van der Waals surface area contributed by atoms with Crippen LogP contribution >= 0.6 is 0 Å². The molecule has 0 saturated heterocycles. The second-order valence-electron chi connectivity index (χ2n) is 3.02. The van der Waals surface area contributed by atoms with Crippen molar-refractivity contribution in [2.24, 2.45) is 11.7 Å². The standard InChI is InChI=1S/C9H12N4O3/c10-12-8(15)6-1-5(4-14)2-7(3-6)9(16)13-11/h1-3,14H,4,10-11H2,(H,12,15)(H,13,16). The number of nitrogen functional groups attached to an aromatic ring is 2. The summed E-state index contributed by atoms with van der Waals surface area (Å²) < 4.78 is 0. The van der Waals surface area contributed by atoms with Crippen LogP contribution in [-0.2, 0) is 6.61 Å². The second-order valence-corrected chi connectivity index (χ2v) is 3.02. The minimum atomic E-state index is -0.554. The van der Waals surface area contributed by atoms with Gasteiger partial charge in [-0.1, -0.05) is 0 Å². The maximum atomic E-state index is 11.3. The zero-order valence-electron chi connectivity index (χ0n) is 8.36. The maximum Gasteiger partial charge on any atom is 0.265 e.